The van der Waals surface area contributed by atoms with Gasteiger partial charge in [-0.3, -0.25) is 0 Å². The van der Waals surface area contributed by atoms with Crippen molar-refractivity contribution in [3.63, 3.8) is 0 Å². The van der Waals surface area contributed by atoms with Crippen molar-refractivity contribution in [1.82, 2.24) is 15.0 Å². The molecule has 266 valence electrons. The van der Waals surface area contributed by atoms with Crippen LogP contribution in [0.15, 0.2) is 185 Å². The van der Waals surface area contributed by atoms with Gasteiger partial charge in [-0.2, -0.15) is 0 Å². The molecule has 0 saturated carbocycles. The van der Waals surface area contributed by atoms with Gasteiger partial charge in [-0.1, -0.05) is 121 Å². The third kappa shape index (κ3) is 5.26. The molecule has 0 radical (unpaired) electrons. The fraction of sp³-hybridized carbons (Fsp3) is 0. The number of benzene rings is 8. The molecule has 5 nitrogen and oxygen atoms in total. The van der Waals surface area contributed by atoms with Crippen LogP contribution in [0.25, 0.3) is 120 Å². The quantitative estimate of drug-likeness (QED) is 0.175. The number of hydrogen-bond acceptors (Lipinski definition) is 6. The SMILES string of the molecule is c1ccc(-c2cccc3oc4cc(-c5nc(-c6ccc(-c7ccc8sc9ccccc9c8c7)cc6)nc(-c6ccc7c(c6)oc6ccccc67)n5)ccc4c23)cc1. The first-order valence-electron chi connectivity index (χ1n) is 18.9. The molecule has 0 atom stereocenters. The Bertz CT molecular complexity index is 3530. The lowest BCUT2D eigenvalue weighted by Gasteiger charge is -2.09. The summed E-state index contributed by atoms with van der Waals surface area (Å²) in [6.45, 7) is 0. The van der Waals surface area contributed by atoms with E-state index in [0.717, 1.165) is 77.3 Å². The zero-order valence-corrected chi connectivity index (χ0v) is 31.1. The van der Waals surface area contributed by atoms with E-state index in [2.05, 4.69) is 127 Å². The lowest BCUT2D eigenvalue weighted by atomic mass is 9.99. The molecule has 57 heavy (non-hydrogen) atoms. The fourth-order valence-electron chi connectivity index (χ4n) is 8.17. The minimum absolute atomic E-state index is 0.559. The van der Waals surface area contributed by atoms with Gasteiger partial charge in [0.2, 0.25) is 0 Å². The molecule has 0 aliphatic carbocycles. The van der Waals surface area contributed by atoms with E-state index in [1.54, 1.807) is 0 Å². The molecule has 8 aromatic carbocycles. The van der Waals surface area contributed by atoms with Crippen molar-refractivity contribution in [2.45, 2.75) is 0 Å². The van der Waals surface area contributed by atoms with Gasteiger partial charge in [0.25, 0.3) is 0 Å². The van der Waals surface area contributed by atoms with Crippen molar-refractivity contribution in [3.8, 4) is 56.4 Å². The number of aromatic nitrogens is 3. The molecule has 0 aliphatic heterocycles. The molecule has 0 N–H and O–H groups in total. The predicted molar refractivity (Wildman–Crippen MR) is 234 cm³/mol. The van der Waals surface area contributed by atoms with Gasteiger partial charge in [-0.25, -0.2) is 15.0 Å². The van der Waals surface area contributed by atoms with Crippen LogP contribution in [0.1, 0.15) is 0 Å². The monoisotopic (exact) mass is 747 g/mol. The van der Waals surface area contributed by atoms with Gasteiger partial charge < -0.3 is 8.83 Å². The molecule has 0 saturated heterocycles. The molecule has 6 heteroatoms. The Balaban J connectivity index is 0.989. The highest BCUT2D eigenvalue weighted by molar-refractivity contribution is 7.25. The molecular formula is C51H29N3O2S. The van der Waals surface area contributed by atoms with Crippen molar-refractivity contribution in [1.29, 1.82) is 0 Å². The van der Waals surface area contributed by atoms with E-state index in [-0.39, 0.29) is 0 Å². The lowest BCUT2D eigenvalue weighted by molar-refractivity contribution is 0.668. The smallest absolute Gasteiger partial charge is 0.164 e. The Morgan fingerprint density at radius 2 is 0.877 bits per heavy atom. The molecule has 0 bridgehead atoms. The van der Waals surface area contributed by atoms with E-state index >= 15 is 0 Å². The first-order valence-corrected chi connectivity index (χ1v) is 19.7. The number of rotatable bonds is 5. The third-order valence-corrected chi connectivity index (χ3v) is 12.1. The second-order valence-electron chi connectivity index (χ2n) is 14.4. The molecule has 0 fully saturated rings. The van der Waals surface area contributed by atoms with Crippen molar-refractivity contribution in [3.05, 3.63) is 176 Å². The maximum Gasteiger partial charge on any atom is 0.164 e. The lowest BCUT2D eigenvalue weighted by Crippen LogP contribution is -2.00. The summed E-state index contributed by atoms with van der Waals surface area (Å²) in [5.41, 5.74) is 10.4. The van der Waals surface area contributed by atoms with Gasteiger partial charge >= 0.3 is 0 Å². The predicted octanol–water partition coefficient (Wildman–Crippen LogP) is 14.4. The number of nitrogens with zero attached hydrogens (tertiary/aromatic N) is 3. The largest absolute Gasteiger partial charge is 0.456 e. The highest BCUT2D eigenvalue weighted by Gasteiger charge is 2.18. The van der Waals surface area contributed by atoms with E-state index in [1.807, 2.05) is 59.9 Å². The summed E-state index contributed by atoms with van der Waals surface area (Å²) in [6, 6.07) is 61.0. The minimum Gasteiger partial charge on any atom is -0.456 e. The standard InChI is InChI=1S/C51H29N3O2S/c1-2-9-31(10-3-1)36-13-8-15-43-48(36)40-25-22-35(29-45(40)56-43)51-53-49(52-50(54-51)34-21-24-38-37-11-4-6-14-42(37)55-44(38)28-34)32-19-17-30(18-20-32)33-23-26-47-41(27-33)39-12-5-7-16-46(39)57-47/h1-29H. The van der Waals surface area contributed by atoms with Crippen molar-refractivity contribution in [2.24, 2.45) is 0 Å². The number of fused-ring (bicyclic) bond motifs is 9. The van der Waals surface area contributed by atoms with Crippen molar-refractivity contribution >= 4 is 75.4 Å². The maximum absolute atomic E-state index is 6.50. The van der Waals surface area contributed by atoms with E-state index < -0.39 is 0 Å². The molecule has 12 aromatic rings. The summed E-state index contributed by atoms with van der Waals surface area (Å²) in [5.74, 6) is 1.71. The molecule has 0 unspecified atom stereocenters. The third-order valence-electron chi connectivity index (χ3n) is 11.0. The number of para-hydroxylation sites is 1. The minimum atomic E-state index is 0.559. The van der Waals surface area contributed by atoms with Crippen LogP contribution in [0.5, 0.6) is 0 Å². The Hall–Kier alpha value is -7.41. The van der Waals surface area contributed by atoms with E-state index in [0.29, 0.717) is 17.5 Å². The summed E-state index contributed by atoms with van der Waals surface area (Å²) in [5, 5.41) is 6.84. The number of hydrogen-bond donors (Lipinski definition) is 0. The molecule has 0 aliphatic rings. The number of thiophene rings is 1. The van der Waals surface area contributed by atoms with Crippen LogP contribution in [0.4, 0.5) is 0 Å². The summed E-state index contributed by atoms with van der Waals surface area (Å²) in [4.78, 5) is 15.3. The molecule has 4 heterocycles. The zero-order valence-electron chi connectivity index (χ0n) is 30.3. The molecule has 0 amide bonds. The summed E-state index contributed by atoms with van der Waals surface area (Å²) >= 11 is 1.83. The fourth-order valence-corrected chi connectivity index (χ4v) is 9.26. The molecule has 0 spiro atoms. The number of furan rings is 2. The first-order chi connectivity index (χ1) is 28.2. The summed E-state index contributed by atoms with van der Waals surface area (Å²) < 4.78 is 15.4. The Morgan fingerprint density at radius 3 is 1.68 bits per heavy atom. The average molecular weight is 748 g/mol. The van der Waals surface area contributed by atoms with Crippen LogP contribution in [0, 0.1) is 0 Å². The topological polar surface area (TPSA) is 65.0 Å². The van der Waals surface area contributed by atoms with E-state index in [9.17, 15) is 0 Å². The summed E-state index contributed by atoms with van der Waals surface area (Å²) in [7, 11) is 0. The van der Waals surface area contributed by atoms with Gasteiger partial charge in [-0.05, 0) is 76.9 Å². The normalized spacial score (nSPS) is 11.9. The second-order valence-corrected chi connectivity index (χ2v) is 15.4. The molecule has 4 aromatic heterocycles. The van der Waals surface area contributed by atoms with Gasteiger partial charge in [0.15, 0.2) is 17.5 Å². The van der Waals surface area contributed by atoms with Gasteiger partial charge in [0.05, 0.1) is 0 Å². The van der Waals surface area contributed by atoms with Crippen LogP contribution in [-0.4, -0.2) is 15.0 Å². The molecular weight excluding hydrogens is 719 g/mol. The first kappa shape index (κ1) is 31.9. The Morgan fingerprint density at radius 1 is 0.316 bits per heavy atom. The highest BCUT2D eigenvalue weighted by atomic mass is 32.1. The second kappa shape index (κ2) is 12.6. The van der Waals surface area contributed by atoms with Crippen LogP contribution in [0.3, 0.4) is 0 Å². The zero-order chi connectivity index (χ0) is 37.5. The van der Waals surface area contributed by atoms with Crippen LogP contribution >= 0.6 is 11.3 Å². The van der Waals surface area contributed by atoms with E-state index in [1.165, 1.54) is 25.7 Å². The Kier molecular flexibility index (Phi) is 7.03. The summed E-state index contributed by atoms with van der Waals surface area (Å²) in [6.07, 6.45) is 0. The van der Waals surface area contributed by atoms with E-state index in [4.69, 9.17) is 23.8 Å². The highest BCUT2D eigenvalue weighted by Crippen LogP contribution is 2.40. The average Bonchev–Trinajstić information content (AvgIpc) is 3.97. The molecule has 12 rings (SSSR count). The van der Waals surface area contributed by atoms with Crippen LogP contribution in [-0.2, 0) is 0 Å². The maximum atomic E-state index is 6.50. The van der Waals surface area contributed by atoms with Crippen molar-refractivity contribution < 1.29 is 8.83 Å². The van der Waals surface area contributed by atoms with Crippen LogP contribution in [0.2, 0.25) is 0 Å². The van der Waals surface area contributed by atoms with Crippen molar-refractivity contribution in [2.75, 3.05) is 0 Å². The van der Waals surface area contributed by atoms with Crippen LogP contribution < -0.4 is 0 Å². The van der Waals surface area contributed by atoms with Gasteiger partial charge in [0, 0.05) is 58.4 Å². The van der Waals surface area contributed by atoms with Gasteiger partial charge in [-0.15, -0.1) is 11.3 Å². The van der Waals surface area contributed by atoms with Gasteiger partial charge in [0.1, 0.15) is 22.3 Å². The Labute approximate surface area is 330 Å².